The van der Waals surface area contributed by atoms with E-state index in [1.54, 1.807) is 13.1 Å². The second-order valence-electron chi connectivity index (χ2n) is 4.97. The van der Waals surface area contributed by atoms with E-state index in [4.69, 9.17) is 0 Å². The quantitative estimate of drug-likeness (QED) is 0.868. The predicted octanol–water partition coefficient (Wildman–Crippen LogP) is 1.82. The van der Waals surface area contributed by atoms with Crippen molar-refractivity contribution in [3.8, 4) is 0 Å². The van der Waals surface area contributed by atoms with Gasteiger partial charge in [0.25, 0.3) is 0 Å². The van der Waals surface area contributed by atoms with E-state index in [0.29, 0.717) is 18.7 Å². The first-order chi connectivity index (χ1) is 8.78. The molecule has 0 spiro atoms. The molecule has 0 fully saturated rings. The van der Waals surface area contributed by atoms with Gasteiger partial charge in [0, 0.05) is 20.1 Å². The number of rotatable bonds is 6. The van der Waals surface area contributed by atoms with E-state index in [2.05, 4.69) is 5.32 Å². The summed E-state index contributed by atoms with van der Waals surface area (Å²) in [6.07, 6.45) is 0. The predicted molar refractivity (Wildman–Crippen MR) is 73.8 cm³/mol. The smallest absolute Gasteiger partial charge is 0.245 e. The van der Waals surface area contributed by atoms with Gasteiger partial charge in [-0.3, -0.25) is 0 Å². The van der Waals surface area contributed by atoms with E-state index in [0.717, 1.165) is 0 Å². The van der Waals surface area contributed by atoms with Crippen LogP contribution in [-0.2, 0) is 16.6 Å². The summed E-state index contributed by atoms with van der Waals surface area (Å²) in [7, 11) is -0.541. The molecule has 108 valence electrons. The van der Waals surface area contributed by atoms with Gasteiger partial charge in [0.1, 0.15) is 10.7 Å². The van der Waals surface area contributed by atoms with Crippen molar-refractivity contribution in [2.24, 2.45) is 5.92 Å². The molecule has 0 aliphatic rings. The van der Waals surface area contributed by atoms with Crippen LogP contribution in [0.5, 0.6) is 0 Å². The summed E-state index contributed by atoms with van der Waals surface area (Å²) in [6.45, 7) is 4.69. The van der Waals surface area contributed by atoms with Crippen molar-refractivity contribution in [3.63, 3.8) is 0 Å². The summed E-state index contributed by atoms with van der Waals surface area (Å²) >= 11 is 0. The van der Waals surface area contributed by atoms with Crippen LogP contribution in [0.25, 0.3) is 0 Å². The van der Waals surface area contributed by atoms with Crippen molar-refractivity contribution in [2.45, 2.75) is 25.3 Å². The van der Waals surface area contributed by atoms with Crippen LogP contribution in [0.3, 0.4) is 0 Å². The van der Waals surface area contributed by atoms with Crippen LogP contribution in [0.2, 0.25) is 0 Å². The van der Waals surface area contributed by atoms with E-state index in [9.17, 15) is 12.8 Å². The van der Waals surface area contributed by atoms with Gasteiger partial charge in [-0.05, 0) is 30.7 Å². The molecule has 4 nitrogen and oxygen atoms in total. The highest BCUT2D eigenvalue weighted by Gasteiger charge is 2.24. The third-order valence-corrected chi connectivity index (χ3v) is 4.54. The third-order valence-electron chi connectivity index (χ3n) is 2.69. The number of nitrogens with zero attached hydrogens (tertiary/aromatic N) is 1. The maximum atomic E-state index is 13.9. The maximum absolute atomic E-state index is 13.9. The zero-order valence-electron chi connectivity index (χ0n) is 11.8. The minimum atomic E-state index is -3.76. The first-order valence-corrected chi connectivity index (χ1v) is 7.62. The molecular formula is C13H21FN2O2S. The molecule has 1 aromatic carbocycles. The minimum Gasteiger partial charge on any atom is -0.316 e. The zero-order valence-corrected chi connectivity index (χ0v) is 12.6. The average Bonchev–Trinajstić information content (AvgIpc) is 2.28. The second-order valence-corrected chi connectivity index (χ2v) is 6.99. The topological polar surface area (TPSA) is 49.4 Å². The van der Waals surface area contributed by atoms with Gasteiger partial charge in [0.2, 0.25) is 10.0 Å². The summed E-state index contributed by atoms with van der Waals surface area (Å²) in [5.74, 6) is -0.519. The Kier molecular flexibility index (Phi) is 5.46. The number of sulfonamides is 1. The molecule has 0 aliphatic heterocycles. The van der Waals surface area contributed by atoms with E-state index in [-0.39, 0.29) is 10.8 Å². The van der Waals surface area contributed by atoms with Crippen LogP contribution >= 0.6 is 0 Å². The molecule has 0 aliphatic carbocycles. The van der Waals surface area contributed by atoms with Gasteiger partial charge in [-0.2, -0.15) is 0 Å². The Morgan fingerprint density at radius 1 is 1.37 bits per heavy atom. The summed E-state index contributed by atoms with van der Waals surface area (Å²) in [4.78, 5) is -0.268. The number of hydrogen-bond donors (Lipinski definition) is 1. The molecule has 0 heterocycles. The molecule has 0 radical (unpaired) electrons. The number of benzene rings is 1. The Morgan fingerprint density at radius 2 is 2.00 bits per heavy atom. The first kappa shape index (κ1) is 16.1. The molecule has 0 bridgehead atoms. The molecule has 19 heavy (non-hydrogen) atoms. The van der Waals surface area contributed by atoms with Gasteiger partial charge in [0.15, 0.2) is 0 Å². The summed E-state index contributed by atoms with van der Waals surface area (Å²) < 4.78 is 39.6. The van der Waals surface area contributed by atoms with Crippen molar-refractivity contribution in [3.05, 3.63) is 29.6 Å². The van der Waals surface area contributed by atoms with E-state index in [1.165, 1.54) is 23.5 Å². The van der Waals surface area contributed by atoms with Crippen LogP contribution in [0, 0.1) is 11.7 Å². The molecule has 1 rings (SSSR count). The maximum Gasteiger partial charge on any atom is 0.245 e. The highest BCUT2D eigenvalue weighted by molar-refractivity contribution is 7.89. The molecule has 0 saturated heterocycles. The molecule has 0 unspecified atom stereocenters. The molecule has 0 aromatic heterocycles. The Balaban J connectivity index is 3.08. The van der Waals surface area contributed by atoms with E-state index in [1.807, 2.05) is 13.8 Å². The van der Waals surface area contributed by atoms with E-state index < -0.39 is 15.8 Å². The van der Waals surface area contributed by atoms with Gasteiger partial charge in [-0.1, -0.05) is 19.9 Å². The number of nitrogens with one attached hydrogen (secondary N) is 1. The fourth-order valence-corrected chi connectivity index (χ4v) is 3.22. The Bertz CT molecular complexity index is 529. The lowest BCUT2D eigenvalue weighted by Gasteiger charge is -2.19. The highest BCUT2D eigenvalue weighted by atomic mass is 32.2. The van der Waals surface area contributed by atoms with Gasteiger partial charge < -0.3 is 5.32 Å². The molecule has 1 aromatic rings. The van der Waals surface area contributed by atoms with Gasteiger partial charge >= 0.3 is 0 Å². The minimum absolute atomic E-state index is 0.186. The zero-order chi connectivity index (χ0) is 14.6. The molecule has 0 amide bonds. The van der Waals surface area contributed by atoms with Crippen LogP contribution < -0.4 is 5.32 Å². The lowest BCUT2D eigenvalue weighted by molar-refractivity contribution is 0.414. The largest absolute Gasteiger partial charge is 0.316 e. The molecule has 6 heteroatoms. The standard InChI is InChI=1S/C13H21FN2O2S/c1-10(2)9-16(4)19(17,18)13-6-5-11(8-15-3)7-12(13)14/h5-7,10,15H,8-9H2,1-4H3. The lowest BCUT2D eigenvalue weighted by atomic mass is 10.2. The second kappa shape index (κ2) is 6.45. The van der Waals surface area contributed by atoms with Crippen molar-refractivity contribution < 1.29 is 12.8 Å². The molecule has 0 atom stereocenters. The van der Waals surface area contributed by atoms with Crippen molar-refractivity contribution >= 4 is 10.0 Å². The molecular weight excluding hydrogens is 267 g/mol. The lowest BCUT2D eigenvalue weighted by Crippen LogP contribution is -2.31. The Morgan fingerprint density at radius 3 is 2.47 bits per heavy atom. The SMILES string of the molecule is CNCc1ccc(S(=O)(=O)N(C)CC(C)C)c(F)c1. The third kappa shape index (κ3) is 3.99. The fourth-order valence-electron chi connectivity index (χ4n) is 1.85. The number of hydrogen-bond acceptors (Lipinski definition) is 3. The van der Waals surface area contributed by atoms with Crippen molar-refractivity contribution in [1.29, 1.82) is 0 Å². The van der Waals surface area contributed by atoms with Gasteiger partial charge in [-0.15, -0.1) is 0 Å². The molecule has 1 N–H and O–H groups in total. The molecule has 0 saturated carbocycles. The van der Waals surface area contributed by atoms with Crippen molar-refractivity contribution in [1.82, 2.24) is 9.62 Å². The van der Waals surface area contributed by atoms with Crippen LogP contribution in [0.4, 0.5) is 4.39 Å². The monoisotopic (exact) mass is 288 g/mol. The Labute approximate surface area is 114 Å². The fraction of sp³-hybridized carbons (Fsp3) is 0.538. The summed E-state index contributed by atoms with van der Waals surface area (Å²) in [5, 5.41) is 2.89. The van der Waals surface area contributed by atoms with E-state index >= 15 is 0 Å². The summed E-state index contributed by atoms with van der Waals surface area (Å²) in [6, 6.07) is 4.20. The van der Waals surface area contributed by atoms with Gasteiger partial charge in [-0.25, -0.2) is 17.1 Å². The van der Waals surface area contributed by atoms with Crippen molar-refractivity contribution in [2.75, 3.05) is 20.6 Å². The van der Waals surface area contributed by atoms with Crippen LogP contribution in [-0.4, -0.2) is 33.4 Å². The normalized spacial score (nSPS) is 12.4. The Hall–Kier alpha value is -0.980. The van der Waals surface area contributed by atoms with Crippen LogP contribution in [0.15, 0.2) is 23.1 Å². The summed E-state index contributed by atoms with van der Waals surface area (Å²) in [5.41, 5.74) is 0.713. The highest BCUT2D eigenvalue weighted by Crippen LogP contribution is 2.20. The first-order valence-electron chi connectivity index (χ1n) is 6.18. The van der Waals surface area contributed by atoms with Gasteiger partial charge in [0.05, 0.1) is 0 Å². The number of halogens is 1. The van der Waals surface area contributed by atoms with Crippen LogP contribution in [0.1, 0.15) is 19.4 Å². The average molecular weight is 288 g/mol.